The van der Waals surface area contributed by atoms with E-state index >= 15 is 0 Å². The molecule has 2 fully saturated rings. The Labute approximate surface area is 207 Å². The van der Waals surface area contributed by atoms with E-state index in [2.05, 4.69) is 49.7 Å². The molecular formula is C23H34IN7O. The lowest BCUT2D eigenvalue weighted by Crippen LogP contribution is -2.54. The number of nitrogens with zero attached hydrogens (tertiary/aromatic N) is 5. The van der Waals surface area contributed by atoms with E-state index in [1.165, 1.54) is 5.56 Å². The minimum absolute atomic E-state index is 0. The standard InChI is InChI=1S/C23H33N7O.HI/c1-24-23(30-12-10-29(11-13-30)16-22(31)26-18-8-9-18)25-15-17-14-21(28(2)3)27-20-7-5-4-6-19(17)20;/h4-7,14,18H,8-13,15-16H2,1-3H3,(H,24,25)(H,26,31);1H. The van der Waals surface area contributed by atoms with Crippen LogP contribution in [0.15, 0.2) is 35.3 Å². The molecule has 1 aliphatic heterocycles. The van der Waals surface area contributed by atoms with Gasteiger partial charge >= 0.3 is 0 Å². The first kappa shape index (κ1) is 24.5. The number of carbonyl (C=O) groups excluding carboxylic acids is 1. The Morgan fingerprint density at radius 3 is 2.56 bits per heavy atom. The van der Waals surface area contributed by atoms with E-state index in [9.17, 15) is 4.79 Å². The summed E-state index contributed by atoms with van der Waals surface area (Å²) in [6.45, 7) is 4.61. The number of halogens is 1. The fourth-order valence-electron chi connectivity index (χ4n) is 3.94. The second kappa shape index (κ2) is 11.1. The fourth-order valence-corrected chi connectivity index (χ4v) is 3.94. The second-order valence-corrected chi connectivity index (χ2v) is 8.56. The van der Waals surface area contributed by atoms with E-state index in [4.69, 9.17) is 4.98 Å². The van der Waals surface area contributed by atoms with Crippen LogP contribution in [-0.2, 0) is 11.3 Å². The van der Waals surface area contributed by atoms with Crippen molar-refractivity contribution in [2.45, 2.75) is 25.4 Å². The maximum absolute atomic E-state index is 12.1. The number of pyridine rings is 1. The highest BCUT2D eigenvalue weighted by atomic mass is 127. The van der Waals surface area contributed by atoms with Crippen LogP contribution < -0.4 is 15.5 Å². The molecule has 0 radical (unpaired) electrons. The van der Waals surface area contributed by atoms with Gasteiger partial charge in [-0.2, -0.15) is 0 Å². The average molecular weight is 551 g/mol. The number of rotatable bonds is 6. The number of fused-ring (bicyclic) bond motifs is 1. The van der Waals surface area contributed by atoms with E-state index in [0.717, 1.165) is 61.7 Å². The number of amides is 1. The number of nitrogens with one attached hydrogen (secondary N) is 2. The van der Waals surface area contributed by atoms with Crippen molar-refractivity contribution in [3.63, 3.8) is 0 Å². The SMILES string of the molecule is CN=C(NCc1cc(N(C)C)nc2ccccc12)N1CCN(CC(=O)NC2CC2)CC1.I. The summed E-state index contributed by atoms with van der Waals surface area (Å²) in [5.74, 6) is 2.00. The first-order valence-corrected chi connectivity index (χ1v) is 11.1. The molecule has 0 bridgehead atoms. The highest BCUT2D eigenvalue weighted by Crippen LogP contribution is 2.22. The van der Waals surface area contributed by atoms with Crippen LogP contribution in [-0.4, -0.2) is 86.6 Å². The van der Waals surface area contributed by atoms with Gasteiger partial charge in [-0.15, -0.1) is 24.0 Å². The first-order valence-electron chi connectivity index (χ1n) is 11.1. The molecule has 1 aromatic carbocycles. The summed E-state index contributed by atoms with van der Waals surface area (Å²) in [5.41, 5.74) is 2.20. The average Bonchev–Trinajstić information content (AvgIpc) is 3.58. The van der Waals surface area contributed by atoms with Gasteiger partial charge in [0.15, 0.2) is 5.96 Å². The molecule has 1 saturated heterocycles. The number of hydrogen-bond acceptors (Lipinski definition) is 5. The van der Waals surface area contributed by atoms with E-state index in [1.54, 1.807) is 0 Å². The maximum Gasteiger partial charge on any atom is 0.234 e. The molecule has 0 atom stereocenters. The van der Waals surface area contributed by atoms with Gasteiger partial charge in [0.2, 0.25) is 5.91 Å². The van der Waals surface area contributed by atoms with Gasteiger partial charge in [-0.05, 0) is 30.5 Å². The fraction of sp³-hybridized carbons (Fsp3) is 0.522. The topological polar surface area (TPSA) is 76.1 Å². The van der Waals surface area contributed by atoms with Gasteiger partial charge in [-0.25, -0.2) is 4.98 Å². The molecule has 2 N–H and O–H groups in total. The Bertz CT molecular complexity index is 953. The summed E-state index contributed by atoms with van der Waals surface area (Å²) >= 11 is 0. The number of guanidine groups is 1. The molecule has 1 aliphatic carbocycles. The van der Waals surface area contributed by atoms with Crippen LogP contribution in [0.3, 0.4) is 0 Å². The summed E-state index contributed by atoms with van der Waals surface area (Å²) < 4.78 is 0. The number of benzene rings is 1. The zero-order valence-electron chi connectivity index (χ0n) is 19.2. The molecule has 32 heavy (non-hydrogen) atoms. The molecule has 8 nitrogen and oxygen atoms in total. The molecule has 2 heterocycles. The number of hydrogen-bond donors (Lipinski definition) is 2. The molecule has 1 saturated carbocycles. The first-order chi connectivity index (χ1) is 15.0. The summed E-state index contributed by atoms with van der Waals surface area (Å²) in [4.78, 5) is 27.8. The van der Waals surface area contributed by atoms with Crippen LogP contribution in [0.2, 0.25) is 0 Å². The Morgan fingerprint density at radius 1 is 1.19 bits per heavy atom. The van der Waals surface area contributed by atoms with Crippen molar-refractivity contribution in [3.05, 3.63) is 35.9 Å². The normalized spacial score (nSPS) is 17.1. The Kier molecular flexibility index (Phi) is 8.52. The summed E-state index contributed by atoms with van der Waals surface area (Å²) in [5, 5.41) is 7.76. The van der Waals surface area contributed by atoms with Crippen LogP contribution in [0.4, 0.5) is 5.82 Å². The molecule has 9 heteroatoms. The Morgan fingerprint density at radius 2 is 1.91 bits per heavy atom. The molecule has 0 spiro atoms. The predicted octanol–water partition coefficient (Wildman–Crippen LogP) is 1.89. The molecule has 1 aromatic heterocycles. The smallest absolute Gasteiger partial charge is 0.234 e. The van der Waals surface area contributed by atoms with Gasteiger partial charge < -0.3 is 20.4 Å². The van der Waals surface area contributed by atoms with Gasteiger partial charge in [0, 0.05) is 65.3 Å². The van der Waals surface area contributed by atoms with Crippen LogP contribution in [0.5, 0.6) is 0 Å². The predicted molar refractivity (Wildman–Crippen MR) is 141 cm³/mol. The lowest BCUT2D eigenvalue weighted by molar-refractivity contribution is -0.122. The highest BCUT2D eigenvalue weighted by Gasteiger charge is 2.26. The van der Waals surface area contributed by atoms with E-state index in [1.807, 2.05) is 32.1 Å². The van der Waals surface area contributed by atoms with Crippen LogP contribution in [0.1, 0.15) is 18.4 Å². The van der Waals surface area contributed by atoms with Gasteiger partial charge in [0.1, 0.15) is 5.82 Å². The maximum atomic E-state index is 12.1. The third-order valence-electron chi connectivity index (χ3n) is 5.88. The van der Waals surface area contributed by atoms with Gasteiger partial charge in [-0.3, -0.25) is 14.7 Å². The lowest BCUT2D eigenvalue weighted by Gasteiger charge is -2.36. The minimum Gasteiger partial charge on any atom is -0.363 e. The van der Waals surface area contributed by atoms with Gasteiger partial charge in [0.05, 0.1) is 12.1 Å². The molecule has 4 rings (SSSR count). The summed E-state index contributed by atoms with van der Waals surface area (Å²) in [7, 11) is 5.85. The van der Waals surface area contributed by atoms with Crippen LogP contribution in [0.25, 0.3) is 10.9 Å². The number of para-hydroxylation sites is 1. The molecule has 1 amide bonds. The molecule has 0 unspecified atom stereocenters. The van der Waals surface area contributed by atoms with E-state index in [-0.39, 0.29) is 29.9 Å². The molecule has 174 valence electrons. The van der Waals surface area contributed by atoms with Crippen molar-refractivity contribution >= 4 is 52.6 Å². The lowest BCUT2D eigenvalue weighted by atomic mass is 10.1. The number of aromatic nitrogens is 1. The zero-order chi connectivity index (χ0) is 21.8. The largest absolute Gasteiger partial charge is 0.363 e. The third-order valence-corrected chi connectivity index (χ3v) is 5.88. The van der Waals surface area contributed by atoms with Crippen molar-refractivity contribution < 1.29 is 4.79 Å². The number of piperazine rings is 1. The van der Waals surface area contributed by atoms with Gasteiger partial charge in [-0.1, -0.05) is 18.2 Å². The molecular weight excluding hydrogens is 517 g/mol. The van der Waals surface area contributed by atoms with Crippen molar-refractivity contribution in [1.82, 2.24) is 25.4 Å². The monoisotopic (exact) mass is 551 g/mol. The number of aliphatic imine (C=N–C) groups is 1. The molecule has 2 aliphatic rings. The van der Waals surface area contributed by atoms with Crippen LogP contribution in [0, 0.1) is 0 Å². The quantitative estimate of drug-likeness (QED) is 0.325. The zero-order valence-corrected chi connectivity index (χ0v) is 21.5. The Hall–Kier alpha value is -2.14. The number of anilines is 1. The highest BCUT2D eigenvalue weighted by molar-refractivity contribution is 14.0. The van der Waals surface area contributed by atoms with Crippen molar-refractivity contribution in [2.24, 2.45) is 4.99 Å². The number of carbonyl (C=O) groups is 1. The van der Waals surface area contributed by atoms with Gasteiger partial charge in [0.25, 0.3) is 0 Å². The second-order valence-electron chi connectivity index (χ2n) is 8.56. The Balaban J connectivity index is 0.00000289. The van der Waals surface area contributed by atoms with Crippen molar-refractivity contribution in [2.75, 3.05) is 58.8 Å². The summed E-state index contributed by atoms with van der Waals surface area (Å²) in [6.07, 6.45) is 2.26. The molecule has 2 aromatic rings. The van der Waals surface area contributed by atoms with Crippen LogP contribution >= 0.6 is 24.0 Å². The van der Waals surface area contributed by atoms with E-state index in [0.29, 0.717) is 19.1 Å². The minimum atomic E-state index is 0. The van der Waals surface area contributed by atoms with Crippen molar-refractivity contribution in [3.8, 4) is 0 Å². The third kappa shape index (κ3) is 6.22. The van der Waals surface area contributed by atoms with E-state index < -0.39 is 0 Å². The van der Waals surface area contributed by atoms with Crippen molar-refractivity contribution in [1.29, 1.82) is 0 Å². The summed E-state index contributed by atoms with van der Waals surface area (Å²) in [6, 6.07) is 10.8.